The SMILES string of the molecule is C=CC(=N/C=C(\C)Cl)Oc1cnc[nH]1.CC. The molecule has 16 heavy (non-hydrogen) atoms. The van der Waals surface area contributed by atoms with Crippen LogP contribution in [0.4, 0.5) is 0 Å². The van der Waals surface area contributed by atoms with Gasteiger partial charge in [-0.1, -0.05) is 32.0 Å². The van der Waals surface area contributed by atoms with E-state index in [-0.39, 0.29) is 0 Å². The van der Waals surface area contributed by atoms with Crippen LogP contribution in [0.3, 0.4) is 0 Å². The summed E-state index contributed by atoms with van der Waals surface area (Å²) in [6, 6.07) is 0. The van der Waals surface area contributed by atoms with Gasteiger partial charge < -0.3 is 9.72 Å². The predicted octanol–water partition coefficient (Wildman–Crippen LogP) is 3.50. The molecular weight excluding hydrogens is 226 g/mol. The molecule has 0 saturated heterocycles. The lowest BCUT2D eigenvalue weighted by Gasteiger charge is -1.99. The first kappa shape index (κ1) is 14.5. The third kappa shape index (κ3) is 6.03. The Hall–Kier alpha value is -1.55. The molecule has 0 aliphatic heterocycles. The van der Waals surface area contributed by atoms with Crippen molar-refractivity contribution in [2.24, 2.45) is 4.99 Å². The number of nitrogens with one attached hydrogen (secondary N) is 1. The van der Waals surface area contributed by atoms with Crippen molar-refractivity contribution < 1.29 is 4.74 Å². The Labute approximate surface area is 101 Å². The zero-order valence-corrected chi connectivity index (χ0v) is 10.5. The van der Waals surface area contributed by atoms with Crippen LogP contribution in [0.2, 0.25) is 0 Å². The number of hydrogen-bond acceptors (Lipinski definition) is 3. The smallest absolute Gasteiger partial charge is 0.220 e. The Balaban J connectivity index is 0.00000106. The molecule has 0 fully saturated rings. The quantitative estimate of drug-likeness (QED) is 0.650. The summed E-state index contributed by atoms with van der Waals surface area (Å²) in [6.07, 6.45) is 6.01. The summed E-state index contributed by atoms with van der Waals surface area (Å²) >= 11 is 5.60. The first-order chi connectivity index (χ1) is 7.72. The van der Waals surface area contributed by atoms with Crippen molar-refractivity contribution in [1.29, 1.82) is 0 Å². The minimum Gasteiger partial charge on any atom is -0.421 e. The lowest BCUT2D eigenvalue weighted by atomic mass is 10.6. The molecule has 1 aromatic rings. The van der Waals surface area contributed by atoms with Crippen LogP contribution in [0.1, 0.15) is 20.8 Å². The second-order valence-electron chi connectivity index (χ2n) is 2.41. The number of H-pyrrole nitrogens is 1. The predicted molar refractivity (Wildman–Crippen MR) is 67.8 cm³/mol. The number of allylic oxidation sites excluding steroid dienone is 1. The molecule has 4 nitrogen and oxygen atoms in total. The van der Waals surface area contributed by atoms with Gasteiger partial charge in [-0.2, -0.15) is 0 Å². The summed E-state index contributed by atoms with van der Waals surface area (Å²) in [7, 11) is 0. The highest BCUT2D eigenvalue weighted by atomic mass is 35.5. The van der Waals surface area contributed by atoms with Gasteiger partial charge in [-0.15, -0.1) is 0 Å². The molecule has 1 rings (SSSR count). The number of rotatable bonds is 3. The van der Waals surface area contributed by atoms with Gasteiger partial charge in [0.25, 0.3) is 0 Å². The van der Waals surface area contributed by atoms with E-state index in [1.54, 1.807) is 6.92 Å². The highest BCUT2D eigenvalue weighted by Crippen LogP contribution is 2.04. The maximum absolute atomic E-state index is 5.60. The zero-order chi connectivity index (χ0) is 12.4. The minimum absolute atomic E-state index is 0.356. The molecule has 0 aliphatic carbocycles. The van der Waals surface area contributed by atoms with Crippen LogP contribution in [-0.4, -0.2) is 15.9 Å². The first-order valence-corrected chi connectivity index (χ1v) is 5.29. The van der Waals surface area contributed by atoms with E-state index in [0.29, 0.717) is 16.8 Å². The van der Waals surface area contributed by atoms with Crippen molar-refractivity contribution in [2.75, 3.05) is 0 Å². The van der Waals surface area contributed by atoms with Crippen LogP contribution in [0.25, 0.3) is 0 Å². The maximum atomic E-state index is 5.60. The fourth-order valence-corrected chi connectivity index (χ4v) is 0.734. The monoisotopic (exact) mass is 241 g/mol. The van der Waals surface area contributed by atoms with E-state index in [4.69, 9.17) is 16.3 Å². The van der Waals surface area contributed by atoms with Crippen LogP contribution in [0.15, 0.2) is 41.4 Å². The number of aliphatic imine (C=N–C) groups is 1. The summed E-state index contributed by atoms with van der Waals surface area (Å²) in [6.45, 7) is 9.28. The molecule has 0 unspecified atom stereocenters. The van der Waals surface area contributed by atoms with Crippen molar-refractivity contribution in [3.63, 3.8) is 0 Å². The Bertz CT molecular complexity index is 351. The molecule has 0 radical (unpaired) electrons. The summed E-state index contributed by atoms with van der Waals surface area (Å²) in [5.74, 6) is 0.860. The van der Waals surface area contributed by atoms with E-state index in [9.17, 15) is 0 Å². The van der Waals surface area contributed by atoms with Gasteiger partial charge >= 0.3 is 0 Å². The zero-order valence-electron chi connectivity index (χ0n) is 9.70. The molecule has 0 bridgehead atoms. The van der Waals surface area contributed by atoms with Crippen LogP contribution in [0.5, 0.6) is 5.88 Å². The Morgan fingerprint density at radius 1 is 1.62 bits per heavy atom. The van der Waals surface area contributed by atoms with E-state index in [0.717, 1.165) is 0 Å². The molecule has 0 saturated carbocycles. The largest absolute Gasteiger partial charge is 0.421 e. The van der Waals surface area contributed by atoms with Crippen molar-refractivity contribution in [3.8, 4) is 5.88 Å². The topological polar surface area (TPSA) is 50.3 Å². The van der Waals surface area contributed by atoms with Gasteiger partial charge in [-0.25, -0.2) is 9.98 Å². The Morgan fingerprint density at radius 2 is 2.31 bits per heavy atom. The molecule has 1 aromatic heterocycles. The Kier molecular flexibility index (Phi) is 7.89. The van der Waals surface area contributed by atoms with E-state index in [1.165, 1.54) is 24.8 Å². The van der Waals surface area contributed by atoms with Gasteiger partial charge in [0.05, 0.1) is 12.5 Å². The molecule has 0 aliphatic rings. The van der Waals surface area contributed by atoms with Gasteiger partial charge in [0.2, 0.25) is 11.8 Å². The normalized spacial score (nSPS) is 11.5. The molecule has 0 aromatic carbocycles. The van der Waals surface area contributed by atoms with Crippen LogP contribution in [-0.2, 0) is 0 Å². The van der Waals surface area contributed by atoms with Gasteiger partial charge in [0, 0.05) is 11.2 Å². The van der Waals surface area contributed by atoms with Gasteiger partial charge in [0.1, 0.15) is 0 Å². The lowest BCUT2D eigenvalue weighted by molar-refractivity contribution is 0.535. The highest BCUT2D eigenvalue weighted by molar-refractivity contribution is 6.29. The number of halogens is 1. The summed E-state index contributed by atoms with van der Waals surface area (Å²) in [5.41, 5.74) is 0. The number of ether oxygens (including phenoxy) is 1. The fourth-order valence-electron chi connectivity index (χ4n) is 0.685. The number of nitrogens with zero attached hydrogens (tertiary/aromatic N) is 2. The molecule has 88 valence electrons. The molecule has 5 heteroatoms. The molecule has 0 amide bonds. The number of hydrogen-bond donors (Lipinski definition) is 1. The standard InChI is InChI=1S/C9H10ClN3O.C2H6/c1-3-8(12-4-7(2)10)14-9-5-11-6-13-9;1-2/h3-6H,1H2,2H3,(H,11,13);1-2H3/b7-4+,12-8?;. The van der Waals surface area contributed by atoms with Gasteiger partial charge in [0.15, 0.2) is 0 Å². The van der Waals surface area contributed by atoms with E-state index in [1.807, 2.05) is 13.8 Å². The summed E-state index contributed by atoms with van der Waals surface area (Å²) < 4.78 is 5.26. The lowest BCUT2D eigenvalue weighted by Crippen LogP contribution is -2.03. The average Bonchev–Trinajstić information content (AvgIpc) is 2.79. The van der Waals surface area contributed by atoms with E-state index < -0.39 is 0 Å². The molecule has 1 N–H and O–H groups in total. The second kappa shape index (κ2) is 8.73. The summed E-state index contributed by atoms with van der Waals surface area (Å²) in [4.78, 5) is 10.5. The van der Waals surface area contributed by atoms with Crippen molar-refractivity contribution in [3.05, 3.63) is 36.4 Å². The summed E-state index contributed by atoms with van der Waals surface area (Å²) in [5, 5.41) is 0.567. The number of aromatic nitrogens is 2. The maximum Gasteiger partial charge on any atom is 0.220 e. The van der Waals surface area contributed by atoms with Crippen LogP contribution >= 0.6 is 11.6 Å². The van der Waals surface area contributed by atoms with Crippen LogP contribution in [0, 0.1) is 0 Å². The minimum atomic E-state index is 0.356. The number of aromatic amines is 1. The molecule has 1 heterocycles. The third-order valence-corrected chi connectivity index (χ3v) is 1.33. The van der Waals surface area contributed by atoms with Gasteiger partial charge in [-0.3, -0.25) is 0 Å². The third-order valence-electron chi connectivity index (χ3n) is 1.23. The van der Waals surface area contributed by atoms with Gasteiger partial charge in [-0.05, 0) is 13.0 Å². The van der Waals surface area contributed by atoms with E-state index in [2.05, 4.69) is 21.5 Å². The molecule has 0 atom stereocenters. The number of imidazole rings is 1. The highest BCUT2D eigenvalue weighted by Gasteiger charge is 1.97. The Morgan fingerprint density at radius 3 is 2.75 bits per heavy atom. The van der Waals surface area contributed by atoms with Crippen molar-refractivity contribution >= 4 is 17.5 Å². The van der Waals surface area contributed by atoms with E-state index >= 15 is 0 Å². The second-order valence-corrected chi connectivity index (χ2v) is 3.00. The first-order valence-electron chi connectivity index (χ1n) is 4.91. The average molecular weight is 242 g/mol. The van der Waals surface area contributed by atoms with Crippen molar-refractivity contribution in [1.82, 2.24) is 9.97 Å². The molecular formula is C11H16ClN3O. The van der Waals surface area contributed by atoms with Crippen molar-refractivity contribution in [2.45, 2.75) is 20.8 Å². The fraction of sp³-hybridized carbons (Fsp3) is 0.273. The van der Waals surface area contributed by atoms with Crippen LogP contribution < -0.4 is 4.74 Å². The molecule has 0 spiro atoms.